The highest BCUT2D eigenvalue weighted by molar-refractivity contribution is 5.78. The largest absolute Gasteiger partial charge is 0.387 e. The number of pyridine rings is 1. The van der Waals surface area contributed by atoms with Gasteiger partial charge < -0.3 is 5.11 Å². The molecule has 2 bridgehead atoms. The van der Waals surface area contributed by atoms with Gasteiger partial charge in [-0.15, -0.1) is 6.58 Å². The van der Waals surface area contributed by atoms with Crippen LogP contribution in [-0.2, 0) is 0 Å². The number of aromatic nitrogens is 1. The number of aliphatic hydroxyl groups excluding tert-OH is 1. The van der Waals surface area contributed by atoms with Crippen LogP contribution in [0.4, 0.5) is 0 Å². The number of nitrogens with zero attached hydrogens (tertiary/aromatic N) is 2. The molecule has 0 amide bonds. The summed E-state index contributed by atoms with van der Waals surface area (Å²) < 4.78 is 0. The van der Waals surface area contributed by atoms with E-state index in [0.29, 0.717) is 11.8 Å². The maximum atomic E-state index is 10.9. The van der Waals surface area contributed by atoms with Gasteiger partial charge in [-0.1, -0.05) is 24.3 Å². The highest BCUT2D eigenvalue weighted by Gasteiger charge is 2.42. The third-order valence-electron chi connectivity index (χ3n) is 5.47. The van der Waals surface area contributed by atoms with Crippen LogP contribution >= 0.6 is 0 Å². The number of aliphatic hydroxyl groups is 1. The van der Waals surface area contributed by atoms with E-state index in [1.165, 1.54) is 6.42 Å². The van der Waals surface area contributed by atoms with Crippen LogP contribution in [-0.4, -0.2) is 34.1 Å². The number of hydrogen-bond donors (Lipinski definition) is 1. The molecule has 2 aromatic rings. The van der Waals surface area contributed by atoms with Crippen molar-refractivity contribution >= 4 is 10.9 Å². The van der Waals surface area contributed by atoms with E-state index >= 15 is 0 Å². The fourth-order valence-corrected chi connectivity index (χ4v) is 4.18. The van der Waals surface area contributed by atoms with Gasteiger partial charge in [0.15, 0.2) is 0 Å². The fourth-order valence-electron chi connectivity index (χ4n) is 4.18. The van der Waals surface area contributed by atoms with Crippen LogP contribution in [0.15, 0.2) is 49.2 Å². The van der Waals surface area contributed by atoms with E-state index < -0.39 is 6.10 Å². The number of benzene rings is 1. The maximum Gasteiger partial charge on any atom is 0.0960 e. The molecular formula is C19H22N2O. The quantitative estimate of drug-likeness (QED) is 0.883. The van der Waals surface area contributed by atoms with Crippen LogP contribution in [0, 0.1) is 11.8 Å². The minimum Gasteiger partial charge on any atom is -0.387 e. The van der Waals surface area contributed by atoms with E-state index in [2.05, 4.69) is 34.7 Å². The maximum absolute atomic E-state index is 10.9. The van der Waals surface area contributed by atoms with Crippen LogP contribution in [0.2, 0.25) is 0 Å². The van der Waals surface area contributed by atoms with Crippen molar-refractivity contribution in [3.05, 3.63) is 54.7 Å². The van der Waals surface area contributed by atoms with E-state index in [-0.39, 0.29) is 6.04 Å². The summed E-state index contributed by atoms with van der Waals surface area (Å²) in [6.45, 7) is 6.10. The van der Waals surface area contributed by atoms with Crippen LogP contribution in [0.1, 0.15) is 24.5 Å². The van der Waals surface area contributed by atoms with E-state index in [9.17, 15) is 5.11 Å². The molecule has 1 aromatic carbocycles. The lowest BCUT2D eigenvalue weighted by atomic mass is 9.74. The van der Waals surface area contributed by atoms with Gasteiger partial charge in [0, 0.05) is 29.7 Å². The van der Waals surface area contributed by atoms with E-state index in [0.717, 1.165) is 36.0 Å². The number of piperidine rings is 3. The van der Waals surface area contributed by atoms with Gasteiger partial charge in [-0.2, -0.15) is 0 Å². The topological polar surface area (TPSA) is 36.4 Å². The van der Waals surface area contributed by atoms with E-state index in [1.54, 1.807) is 0 Å². The first-order valence-electron chi connectivity index (χ1n) is 8.15. The average Bonchev–Trinajstić information content (AvgIpc) is 2.60. The summed E-state index contributed by atoms with van der Waals surface area (Å²) in [5.74, 6) is 1.27. The van der Waals surface area contributed by atoms with Crippen molar-refractivity contribution in [2.75, 3.05) is 13.1 Å². The Kier molecular flexibility index (Phi) is 3.47. The third kappa shape index (κ3) is 2.25. The highest BCUT2D eigenvalue weighted by atomic mass is 16.3. The molecule has 0 aliphatic carbocycles. The van der Waals surface area contributed by atoms with Crippen molar-refractivity contribution in [1.82, 2.24) is 9.88 Å². The van der Waals surface area contributed by atoms with Crippen LogP contribution in [0.25, 0.3) is 10.9 Å². The SMILES string of the molecule is C=CC1CN2CCC1C[C@H]2[C@H](O)c1cnc2ccccc2c1. The van der Waals surface area contributed by atoms with Crippen molar-refractivity contribution in [1.29, 1.82) is 0 Å². The number of para-hydroxylation sites is 1. The second-order valence-corrected chi connectivity index (χ2v) is 6.65. The van der Waals surface area contributed by atoms with Gasteiger partial charge in [-0.25, -0.2) is 0 Å². The number of hydrogen-bond acceptors (Lipinski definition) is 3. The molecule has 1 aromatic heterocycles. The lowest BCUT2D eigenvalue weighted by molar-refractivity contribution is -0.0449. The molecule has 3 heteroatoms. The van der Waals surface area contributed by atoms with E-state index in [4.69, 9.17) is 0 Å². The molecule has 3 fully saturated rings. The summed E-state index contributed by atoms with van der Waals surface area (Å²) in [7, 11) is 0. The van der Waals surface area contributed by atoms with Gasteiger partial charge >= 0.3 is 0 Å². The van der Waals surface area contributed by atoms with Crippen molar-refractivity contribution in [3.63, 3.8) is 0 Å². The highest BCUT2D eigenvalue weighted by Crippen LogP contribution is 2.41. The smallest absolute Gasteiger partial charge is 0.0960 e. The normalized spacial score (nSPS) is 32.0. The molecule has 5 rings (SSSR count). The zero-order valence-corrected chi connectivity index (χ0v) is 12.7. The molecule has 3 aliphatic heterocycles. The zero-order valence-electron chi connectivity index (χ0n) is 12.7. The predicted octanol–water partition coefficient (Wildman–Crippen LogP) is 3.16. The minimum atomic E-state index is -0.453. The summed E-state index contributed by atoms with van der Waals surface area (Å²) in [5.41, 5.74) is 1.92. The monoisotopic (exact) mass is 294 g/mol. The zero-order chi connectivity index (χ0) is 15.1. The molecule has 114 valence electrons. The Bertz CT molecular complexity index is 699. The molecule has 0 spiro atoms. The Morgan fingerprint density at radius 3 is 3.00 bits per heavy atom. The molecule has 5 atom stereocenters. The summed E-state index contributed by atoms with van der Waals surface area (Å²) in [6, 6.07) is 10.4. The van der Waals surface area contributed by atoms with Gasteiger partial charge in [0.2, 0.25) is 0 Å². The minimum absolute atomic E-state index is 0.220. The second kappa shape index (κ2) is 5.49. The van der Waals surface area contributed by atoms with E-state index in [1.807, 2.05) is 24.4 Å². The first-order chi connectivity index (χ1) is 10.8. The van der Waals surface area contributed by atoms with Crippen LogP contribution < -0.4 is 0 Å². The van der Waals surface area contributed by atoms with Gasteiger partial charge in [0.1, 0.15) is 0 Å². The van der Waals surface area contributed by atoms with Crippen molar-refractivity contribution in [2.24, 2.45) is 11.8 Å². The first-order valence-corrected chi connectivity index (χ1v) is 8.15. The Labute approximate surface area is 131 Å². The molecule has 3 saturated heterocycles. The molecule has 0 saturated carbocycles. The average molecular weight is 294 g/mol. The van der Waals surface area contributed by atoms with Gasteiger partial charge in [0.25, 0.3) is 0 Å². The van der Waals surface area contributed by atoms with Crippen molar-refractivity contribution < 1.29 is 5.11 Å². The fraction of sp³-hybridized carbons (Fsp3) is 0.421. The first kappa shape index (κ1) is 13.9. The lowest BCUT2D eigenvalue weighted by Crippen LogP contribution is -2.54. The Morgan fingerprint density at radius 2 is 2.23 bits per heavy atom. The van der Waals surface area contributed by atoms with Crippen LogP contribution in [0.5, 0.6) is 0 Å². The molecule has 3 unspecified atom stereocenters. The third-order valence-corrected chi connectivity index (χ3v) is 5.47. The molecule has 1 N–H and O–H groups in total. The second-order valence-electron chi connectivity index (χ2n) is 6.65. The molecule has 3 aliphatic rings. The molecular weight excluding hydrogens is 272 g/mol. The Balaban J connectivity index is 1.61. The lowest BCUT2D eigenvalue weighted by Gasteiger charge is -2.50. The molecule has 22 heavy (non-hydrogen) atoms. The van der Waals surface area contributed by atoms with Crippen molar-refractivity contribution in [2.45, 2.75) is 25.0 Å². The Hall–Kier alpha value is -1.71. The van der Waals surface area contributed by atoms with Crippen LogP contribution in [0.3, 0.4) is 0 Å². The number of fused-ring (bicyclic) bond motifs is 4. The number of rotatable bonds is 3. The summed E-state index contributed by atoms with van der Waals surface area (Å²) in [4.78, 5) is 6.93. The summed E-state index contributed by atoms with van der Waals surface area (Å²) in [5, 5.41) is 12.0. The molecule has 4 heterocycles. The summed E-state index contributed by atoms with van der Waals surface area (Å²) >= 11 is 0. The summed E-state index contributed by atoms with van der Waals surface area (Å²) in [6.07, 6.45) is 5.77. The molecule has 0 radical (unpaired) electrons. The van der Waals surface area contributed by atoms with Gasteiger partial charge in [-0.3, -0.25) is 9.88 Å². The molecule has 3 nitrogen and oxygen atoms in total. The van der Waals surface area contributed by atoms with Gasteiger partial charge in [0.05, 0.1) is 11.6 Å². The Morgan fingerprint density at radius 1 is 1.36 bits per heavy atom. The van der Waals surface area contributed by atoms with Crippen molar-refractivity contribution in [3.8, 4) is 0 Å². The van der Waals surface area contributed by atoms with Gasteiger partial charge in [-0.05, 0) is 43.4 Å². The standard InChI is InChI=1S/C19H22N2O/c1-2-13-12-21-8-7-14(13)10-18(21)19(22)16-9-15-5-3-4-6-17(15)20-11-16/h2-6,9,11,13-14,18-19,22H,1,7-8,10,12H2/t13?,14?,18-,19+/m0/s1. The predicted molar refractivity (Wildman–Crippen MR) is 88.5 cm³/mol.